The highest BCUT2D eigenvalue weighted by molar-refractivity contribution is 9.10. The van der Waals surface area contributed by atoms with E-state index in [9.17, 15) is 18.0 Å². The lowest BCUT2D eigenvalue weighted by molar-refractivity contribution is -0.155. The normalized spacial score (nSPS) is 16.7. The molecule has 154 valence electrons. The van der Waals surface area contributed by atoms with Crippen molar-refractivity contribution >= 4 is 37.8 Å². The Kier molecular flexibility index (Phi) is 5.62. The fourth-order valence-corrected chi connectivity index (χ4v) is 5.15. The minimum absolute atomic E-state index is 0.00231. The van der Waals surface area contributed by atoms with Crippen molar-refractivity contribution in [3.05, 3.63) is 63.6 Å². The second-order valence-electron chi connectivity index (χ2n) is 7.96. The number of ether oxygens (including phenoxy) is 1. The van der Waals surface area contributed by atoms with E-state index in [1.165, 1.54) is 12.1 Å². The Labute approximate surface area is 179 Å². The molecular weight excluding hydrogens is 458 g/mol. The average Bonchev–Trinajstić information content (AvgIpc) is 2.85. The highest BCUT2D eigenvalue weighted by atomic mass is 79.9. The zero-order valence-corrected chi connectivity index (χ0v) is 19.0. The molecule has 29 heavy (non-hydrogen) atoms. The summed E-state index contributed by atoms with van der Waals surface area (Å²) < 4.78 is 33.5. The van der Waals surface area contributed by atoms with Gasteiger partial charge in [0.1, 0.15) is 5.60 Å². The van der Waals surface area contributed by atoms with E-state index in [1.807, 2.05) is 6.92 Å². The quantitative estimate of drug-likeness (QED) is 0.607. The summed E-state index contributed by atoms with van der Waals surface area (Å²) in [6, 6.07) is 10.2. The number of carbonyl (C=O) groups excluding carboxylic acids is 2. The number of nitrogens with zero attached hydrogens (tertiary/aromatic N) is 1. The highest BCUT2D eigenvalue weighted by Gasteiger charge is 2.45. The van der Waals surface area contributed by atoms with E-state index in [-0.39, 0.29) is 16.9 Å². The van der Waals surface area contributed by atoms with Gasteiger partial charge in [-0.2, -0.15) is 0 Å². The molecule has 2 aromatic rings. The first-order valence-corrected chi connectivity index (χ1v) is 11.3. The van der Waals surface area contributed by atoms with E-state index >= 15 is 0 Å². The molecule has 1 aliphatic heterocycles. The summed E-state index contributed by atoms with van der Waals surface area (Å²) in [4.78, 5) is 25.6. The standard InChI is InChI=1S/C21H22BrNO5S/c1-13-5-8-15(9-6-13)29(26,27)23-18(12-19(24)28-21(2,3)4)17-11-14(22)7-10-16(17)20(23)25/h5-11,18H,12H2,1-4H3. The minimum atomic E-state index is -4.16. The second-order valence-corrected chi connectivity index (χ2v) is 10.7. The largest absolute Gasteiger partial charge is 0.460 e. The predicted molar refractivity (Wildman–Crippen MR) is 112 cm³/mol. The van der Waals surface area contributed by atoms with Crippen LogP contribution in [0.2, 0.25) is 0 Å². The van der Waals surface area contributed by atoms with Gasteiger partial charge in [0, 0.05) is 10.0 Å². The number of hydrogen-bond acceptors (Lipinski definition) is 5. The lowest BCUT2D eigenvalue weighted by Crippen LogP contribution is -2.36. The number of rotatable bonds is 4. The number of amides is 1. The molecule has 3 rings (SSSR count). The first-order chi connectivity index (χ1) is 13.4. The summed E-state index contributed by atoms with van der Waals surface area (Å²) in [7, 11) is -4.16. The number of halogens is 1. The summed E-state index contributed by atoms with van der Waals surface area (Å²) in [5.41, 5.74) is 0.915. The Hall–Kier alpha value is -2.19. The molecule has 8 heteroatoms. The number of sulfonamides is 1. The maximum atomic E-state index is 13.3. The molecule has 0 saturated heterocycles. The number of fused-ring (bicyclic) bond motifs is 1. The third-order valence-electron chi connectivity index (χ3n) is 4.44. The van der Waals surface area contributed by atoms with Crippen LogP contribution in [0, 0.1) is 6.92 Å². The van der Waals surface area contributed by atoms with Crippen molar-refractivity contribution in [2.75, 3.05) is 0 Å². The molecule has 6 nitrogen and oxygen atoms in total. The summed E-state index contributed by atoms with van der Waals surface area (Å²) >= 11 is 3.36. The highest BCUT2D eigenvalue weighted by Crippen LogP contribution is 2.41. The van der Waals surface area contributed by atoms with Crippen molar-refractivity contribution in [1.82, 2.24) is 4.31 Å². The van der Waals surface area contributed by atoms with E-state index < -0.39 is 33.5 Å². The molecule has 0 aliphatic carbocycles. The zero-order chi connectivity index (χ0) is 21.6. The average molecular weight is 480 g/mol. The van der Waals surface area contributed by atoms with Crippen LogP contribution in [0.25, 0.3) is 0 Å². The first kappa shape index (κ1) is 21.5. The Bertz CT molecular complexity index is 1070. The molecule has 1 aliphatic rings. The fraction of sp³-hybridized carbons (Fsp3) is 0.333. The maximum Gasteiger partial charge on any atom is 0.308 e. The Balaban J connectivity index is 2.07. The van der Waals surface area contributed by atoms with Gasteiger partial charge in [-0.15, -0.1) is 0 Å². The van der Waals surface area contributed by atoms with Crippen molar-refractivity contribution in [1.29, 1.82) is 0 Å². The minimum Gasteiger partial charge on any atom is -0.460 e. The van der Waals surface area contributed by atoms with Crippen LogP contribution in [-0.4, -0.2) is 30.2 Å². The number of aryl methyl sites for hydroxylation is 1. The lowest BCUT2D eigenvalue weighted by Gasteiger charge is -2.26. The van der Waals surface area contributed by atoms with Gasteiger partial charge in [0.25, 0.3) is 15.9 Å². The number of hydrogen-bond donors (Lipinski definition) is 0. The van der Waals surface area contributed by atoms with Crippen LogP contribution < -0.4 is 0 Å². The van der Waals surface area contributed by atoms with E-state index in [0.29, 0.717) is 10.0 Å². The van der Waals surface area contributed by atoms with Crippen molar-refractivity contribution in [3.63, 3.8) is 0 Å². The van der Waals surface area contributed by atoms with Crippen LogP contribution in [0.1, 0.15) is 54.7 Å². The van der Waals surface area contributed by atoms with Gasteiger partial charge in [-0.05, 0) is 63.6 Å². The van der Waals surface area contributed by atoms with Gasteiger partial charge in [0.15, 0.2) is 0 Å². The molecule has 0 radical (unpaired) electrons. The van der Waals surface area contributed by atoms with Crippen molar-refractivity contribution in [2.24, 2.45) is 0 Å². The maximum absolute atomic E-state index is 13.3. The number of esters is 1. The second kappa shape index (κ2) is 7.57. The molecule has 1 amide bonds. The van der Waals surface area contributed by atoms with Crippen LogP contribution in [-0.2, 0) is 19.6 Å². The summed E-state index contributed by atoms with van der Waals surface area (Å²) in [6.07, 6.45) is -0.266. The van der Waals surface area contributed by atoms with E-state index in [0.717, 1.165) is 9.87 Å². The third-order valence-corrected chi connectivity index (χ3v) is 6.74. The molecule has 1 unspecified atom stereocenters. The lowest BCUT2D eigenvalue weighted by atomic mass is 10.0. The Morgan fingerprint density at radius 2 is 1.76 bits per heavy atom. The Morgan fingerprint density at radius 3 is 2.34 bits per heavy atom. The molecule has 0 fully saturated rings. The van der Waals surface area contributed by atoms with Crippen LogP contribution in [0.3, 0.4) is 0 Å². The third kappa shape index (κ3) is 4.38. The molecule has 0 bridgehead atoms. The smallest absolute Gasteiger partial charge is 0.308 e. The molecule has 0 spiro atoms. The van der Waals surface area contributed by atoms with Gasteiger partial charge in [0.05, 0.1) is 17.4 Å². The molecule has 1 atom stereocenters. The molecule has 0 N–H and O–H groups in total. The van der Waals surface area contributed by atoms with Crippen LogP contribution in [0.15, 0.2) is 51.8 Å². The molecule has 0 saturated carbocycles. The summed E-state index contributed by atoms with van der Waals surface area (Å²) in [5, 5.41) is 0. The summed E-state index contributed by atoms with van der Waals surface area (Å²) in [5.74, 6) is -1.23. The first-order valence-electron chi connectivity index (χ1n) is 9.07. The zero-order valence-electron chi connectivity index (χ0n) is 16.6. The van der Waals surface area contributed by atoms with E-state index in [4.69, 9.17) is 4.74 Å². The van der Waals surface area contributed by atoms with Crippen molar-refractivity contribution in [2.45, 2.75) is 50.7 Å². The van der Waals surface area contributed by atoms with Crippen LogP contribution >= 0.6 is 15.9 Å². The van der Waals surface area contributed by atoms with E-state index in [1.54, 1.807) is 51.1 Å². The van der Waals surface area contributed by atoms with E-state index in [2.05, 4.69) is 15.9 Å². The number of carbonyl (C=O) groups is 2. The van der Waals surface area contributed by atoms with Crippen molar-refractivity contribution < 1.29 is 22.7 Å². The number of benzene rings is 2. The van der Waals surface area contributed by atoms with Crippen molar-refractivity contribution in [3.8, 4) is 0 Å². The van der Waals surface area contributed by atoms with Crippen LogP contribution in [0.4, 0.5) is 0 Å². The Morgan fingerprint density at radius 1 is 1.14 bits per heavy atom. The molecule has 0 aromatic heterocycles. The van der Waals surface area contributed by atoms with Gasteiger partial charge in [-0.25, -0.2) is 12.7 Å². The molecule has 1 heterocycles. The SMILES string of the molecule is Cc1ccc(S(=O)(=O)N2C(=O)c3ccc(Br)cc3C2CC(=O)OC(C)(C)C)cc1. The van der Waals surface area contributed by atoms with Gasteiger partial charge >= 0.3 is 5.97 Å². The van der Waals surface area contributed by atoms with Crippen LogP contribution in [0.5, 0.6) is 0 Å². The van der Waals surface area contributed by atoms with Gasteiger partial charge < -0.3 is 4.74 Å². The topological polar surface area (TPSA) is 80.8 Å². The monoisotopic (exact) mass is 479 g/mol. The van der Waals surface area contributed by atoms with Gasteiger partial charge in [0.2, 0.25) is 0 Å². The molecular formula is C21H22BrNO5S. The van der Waals surface area contributed by atoms with Gasteiger partial charge in [-0.3, -0.25) is 9.59 Å². The molecule has 2 aromatic carbocycles. The predicted octanol–water partition coefficient (Wildman–Crippen LogP) is 4.38. The fourth-order valence-electron chi connectivity index (χ4n) is 3.22. The van der Waals surface area contributed by atoms with Gasteiger partial charge in [-0.1, -0.05) is 33.6 Å². The summed E-state index contributed by atoms with van der Waals surface area (Å²) in [6.45, 7) is 7.04.